The van der Waals surface area contributed by atoms with Crippen molar-refractivity contribution in [1.29, 1.82) is 0 Å². The second kappa shape index (κ2) is 3.66. The molecule has 0 aliphatic heterocycles. The summed E-state index contributed by atoms with van der Waals surface area (Å²) in [5, 5.41) is 0. The summed E-state index contributed by atoms with van der Waals surface area (Å²) in [6, 6.07) is 9.27. The molecule has 2 rings (SSSR count). The lowest BCUT2D eigenvalue weighted by molar-refractivity contribution is 0.288. The second-order valence-corrected chi connectivity index (χ2v) is 6.15. The molecule has 1 aromatic carbocycles. The molecule has 0 N–H and O–H groups in total. The van der Waals surface area contributed by atoms with Gasteiger partial charge in [-0.3, -0.25) is 0 Å². The van der Waals surface area contributed by atoms with Gasteiger partial charge in [-0.25, -0.2) is 0 Å². The Bertz CT molecular complexity index is 320. The van der Waals surface area contributed by atoms with Crippen LogP contribution in [0.1, 0.15) is 57.6 Å². The monoisotopic (exact) mass is 202 g/mol. The van der Waals surface area contributed by atoms with Crippen molar-refractivity contribution < 1.29 is 0 Å². The summed E-state index contributed by atoms with van der Waals surface area (Å²) in [5.41, 5.74) is 3.27. The Morgan fingerprint density at radius 1 is 1.00 bits per heavy atom. The maximum atomic E-state index is 2.35. The maximum absolute atomic E-state index is 2.35. The van der Waals surface area contributed by atoms with Gasteiger partial charge in [0.15, 0.2) is 0 Å². The van der Waals surface area contributed by atoms with Gasteiger partial charge in [-0.1, -0.05) is 52.0 Å². The highest BCUT2D eigenvalue weighted by Crippen LogP contribution is 2.41. The molecule has 0 heterocycles. The van der Waals surface area contributed by atoms with E-state index in [0.717, 1.165) is 11.8 Å². The predicted molar refractivity (Wildman–Crippen MR) is 66.3 cm³/mol. The average Bonchev–Trinajstić information content (AvgIpc) is 2.12. The molecule has 1 aromatic rings. The van der Waals surface area contributed by atoms with Gasteiger partial charge < -0.3 is 0 Å². The molecular formula is C15H22. The molecule has 0 nitrogen and oxygen atoms in total. The lowest BCUT2D eigenvalue weighted by atomic mass is 9.72. The van der Waals surface area contributed by atoms with E-state index < -0.39 is 0 Å². The summed E-state index contributed by atoms with van der Waals surface area (Å²) in [7, 11) is 0. The van der Waals surface area contributed by atoms with Crippen LogP contribution >= 0.6 is 0 Å². The highest BCUT2D eigenvalue weighted by atomic mass is 14.3. The van der Waals surface area contributed by atoms with E-state index in [2.05, 4.69) is 52.0 Å². The Kier molecular flexibility index (Phi) is 2.62. The normalized spacial score (nSPS) is 26.1. The summed E-state index contributed by atoms with van der Waals surface area (Å²) in [6.07, 6.45) is 2.77. The SMILES string of the molecule is CC1CC(c2ccc(C(C)(C)C)cc2)C1. The average molecular weight is 202 g/mol. The molecule has 0 aromatic heterocycles. The van der Waals surface area contributed by atoms with Crippen molar-refractivity contribution in [3.05, 3.63) is 35.4 Å². The van der Waals surface area contributed by atoms with Gasteiger partial charge in [0.25, 0.3) is 0 Å². The molecule has 0 atom stereocenters. The van der Waals surface area contributed by atoms with E-state index in [4.69, 9.17) is 0 Å². The summed E-state index contributed by atoms with van der Waals surface area (Å²) in [6.45, 7) is 9.16. The molecule has 0 bridgehead atoms. The molecule has 15 heavy (non-hydrogen) atoms. The second-order valence-electron chi connectivity index (χ2n) is 6.15. The molecule has 0 spiro atoms. The molecule has 82 valence electrons. The molecular weight excluding hydrogens is 180 g/mol. The zero-order chi connectivity index (χ0) is 11.1. The number of hydrogen-bond acceptors (Lipinski definition) is 0. The van der Waals surface area contributed by atoms with E-state index in [1.165, 1.54) is 18.4 Å². The minimum atomic E-state index is 0.283. The maximum Gasteiger partial charge on any atom is -0.0132 e. The van der Waals surface area contributed by atoms with Crippen LogP contribution in [0.15, 0.2) is 24.3 Å². The molecule has 0 radical (unpaired) electrons. The van der Waals surface area contributed by atoms with Crippen LogP contribution < -0.4 is 0 Å². The van der Waals surface area contributed by atoms with E-state index in [0.29, 0.717) is 0 Å². The van der Waals surface area contributed by atoms with Crippen LogP contribution in [0.2, 0.25) is 0 Å². The first-order valence-corrected chi connectivity index (χ1v) is 6.07. The predicted octanol–water partition coefficient (Wildman–Crippen LogP) is 4.50. The highest BCUT2D eigenvalue weighted by Gasteiger charge is 2.26. The molecule has 0 heteroatoms. The van der Waals surface area contributed by atoms with Crippen LogP contribution in [-0.4, -0.2) is 0 Å². The fourth-order valence-electron chi connectivity index (χ4n) is 2.43. The van der Waals surface area contributed by atoms with E-state index in [1.54, 1.807) is 5.56 Å². The molecule has 1 fully saturated rings. The zero-order valence-electron chi connectivity index (χ0n) is 10.4. The Labute approximate surface area is 93.7 Å². The van der Waals surface area contributed by atoms with Crippen LogP contribution in [0, 0.1) is 5.92 Å². The van der Waals surface area contributed by atoms with Crippen LogP contribution in [0.25, 0.3) is 0 Å². The largest absolute Gasteiger partial charge is 0.0625 e. The summed E-state index contributed by atoms with van der Waals surface area (Å²) in [4.78, 5) is 0. The Hall–Kier alpha value is -0.780. The lowest BCUT2D eigenvalue weighted by Gasteiger charge is -2.33. The number of rotatable bonds is 1. The van der Waals surface area contributed by atoms with Crippen LogP contribution in [-0.2, 0) is 5.41 Å². The van der Waals surface area contributed by atoms with Gasteiger partial charge in [0.2, 0.25) is 0 Å². The Morgan fingerprint density at radius 2 is 1.53 bits per heavy atom. The van der Waals surface area contributed by atoms with Gasteiger partial charge in [-0.2, -0.15) is 0 Å². The van der Waals surface area contributed by atoms with E-state index in [9.17, 15) is 0 Å². The van der Waals surface area contributed by atoms with Crippen molar-refractivity contribution in [1.82, 2.24) is 0 Å². The lowest BCUT2D eigenvalue weighted by Crippen LogP contribution is -2.19. The summed E-state index contributed by atoms with van der Waals surface area (Å²) in [5.74, 6) is 1.78. The van der Waals surface area contributed by atoms with Crippen molar-refractivity contribution >= 4 is 0 Å². The Morgan fingerprint density at radius 3 is 1.93 bits per heavy atom. The third kappa shape index (κ3) is 2.25. The van der Waals surface area contributed by atoms with E-state index >= 15 is 0 Å². The van der Waals surface area contributed by atoms with Gasteiger partial charge in [0.05, 0.1) is 0 Å². The molecule has 0 saturated heterocycles. The molecule has 1 saturated carbocycles. The van der Waals surface area contributed by atoms with Crippen molar-refractivity contribution in [2.24, 2.45) is 5.92 Å². The van der Waals surface area contributed by atoms with Crippen molar-refractivity contribution in [3.63, 3.8) is 0 Å². The van der Waals surface area contributed by atoms with Crippen LogP contribution in [0.3, 0.4) is 0 Å². The third-order valence-corrected chi connectivity index (χ3v) is 3.62. The van der Waals surface area contributed by atoms with Gasteiger partial charge in [0, 0.05) is 0 Å². The van der Waals surface area contributed by atoms with Gasteiger partial charge >= 0.3 is 0 Å². The van der Waals surface area contributed by atoms with Crippen molar-refractivity contribution in [2.45, 2.75) is 51.9 Å². The van der Waals surface area contributed by atoms with Crippen molar-refractivity contribution in [2.75, 3.05) is 0 Å². The van der Waals surface area contributed by atoms with Gasteiger partial charge in [0.1, 0.15) is 0 Å². The van der Waals surface area contributed by atoms with Crippen LogP contribution in [0.5, 0.6) is 0 Å². The fraction of sp³-hybridized carbons (Fsp3) is 0.600. The smallest absolute Gasteiger partial charge is 0.0132 e. The number of hydrogen-bond donors (Lipinski definition) is 0. The van der Waals surface area contributed by atoms with Gasteiger partial charge in [-0.15, -0.1) is 0 Å². The summed E-state index contributed by atoms with van der Waals surface area (Å²) >= 11 is 0. The minimum absolute atomic E-state index is 0.283. The third-order valence-electron chi connectivity index (χ3n) is 3.62. The molecule has 0 unspecified atom stereocenters. The first-order valence-electron chi connectivity index (χ1n) is 6.07. The fourth-order valence-corrected chi connectivity index (χ4v) is 2.43. The topological polar surface area (TPSA) is 0 Å². The minimum Gasteiger partial charge on any atom is -0.0625 e. The zero-order valence-corrected chi connectivity index (χ0v) is 10.4. The quantitative estimate of drug-likeness (QED) is 0.629. The standard InChI is InChI=1S/C15H22/c1-11-9-13(10-11)12-5-7-14(8-6-12)15(2,3)4/h5-8,11,13H,9-10H2,1-4H3. The molecule has 1 aliphatic carbocycles. The van der Waals surface area contributed by atoms with E-state index in [1.807, 2.05) is 0 Å². The summed E-state index contributed by atoms with van der Waals surface area (Å²) < 4.78 is 0. The van der Waals surface area contributed by atoms with Crippen molar-refractivity contribution in [3.8, 4) is 0 Å². The number of benzene rings is 1. The van der Waals surface area contributed by atoms with Crippen LogP contribution in [0.4, 0.5) is 0 Å². The van der Waals surface area contributed by atoms with Gasteiger partial charge in [-0.05, 0) is 41.2 Å². The molecule has 0 amide bonds. The highest BCUT2D eigenvalue weighted by molar-refractivity contribution is 5.30. The van der Waals surface area contributed by atoms with E-state index in [-0.39, 0.29) is 5.41 Å². The first-order chi connectivity index (χ1) is 6.97. The molecule has 1 aliphatic rings. The Balaban J connectivity index is 2.11. The first kappa shape index (κ1) is 10.7.